The minimum atomic E-state index is -0.242. The number of aliphatic imine (C=N–C) groups is 1. The van der Waals surface area contributed by atoms with Crippen molar-refractivity contribution in [1.29, 1.82) is 0 Å². The fraction of sp³-hybridized carbons (Fsp3) is 0.409. The average Bonchev–Trinajstić information content (AvgIpc) is 2.71. The lowest BCUT2D eigenvalue weighted by Crippen LogP contribution is -2.38. The summed E-state index contributed by atoms with van der Waals surface area (Å²) in [6.07, 6.45) is 0.803. The van der Waals surface area contributed by atoms with Crippen molar-refractivity contribution in [3.05, 3.63) is 53.3 Å². The molecule has 0 bridgehead atoms. The van der Waals surface area contributed by atoms with E-state index in [-0.39, 0.29) is 29.8 Å². The maximum absolute atomic E-state index is 14.1. The van der Waals surface area contributed by atoms with Gasteiger partial charge in [-0.3, -0.25) is 0 Å². The lowest BCUT2D eigenvalue weighted by molar-refractivity contribution is 0.354. The minimum absolute atomic E-state index is 0. The molecule has 0 atom stereocenters. The van der Waals surface area contributed by atoms with Crippen molar-refractivity contribution >= 4 is 35.6 Å². The van der Waals surface area contributed by atoms with Gasteiger partial charge in [-0.15, -0.1) is 24.0 Å². The molecule has 0 amide bonds. The molecule has 2 aromatic carbocycles. The number of guanidine groups is 1. The second-order valence-corrected chi connectivity index (χ2v) is 6.74. The Morgan fingerprint density at radius 1 is 1.00 bits per heavy atom. The summed E-state index contributed by atoms with van der Waals surface area (Å²) >= 11 is 0. The number of halogens is 2. The van der Waals surface area contributed by atoms with Crippen molar-refractivity contribution in [3.8, 4) is 11.5 Å². The van der Waals surface area contributed by atoms with Crippen LogP contribution in [0.5, 0.6) is 11.5 Å². The maximum Gasteiger partial charge on any atom is 0.191 e. The Bertz CT molecular complexity index is 831. The summed E-state index contributed by atoms with van der Waals surface area (Å²) in [7, 11) is 6.89. The van der Waals surface area contributed by atoms with E-state index in [0.29, 0.717) is 36.2 Å². The molecule has 0 saturated carbocycles. The molecule has 6 nitrogen and oxygen atoms in total. The molecule has 0 aliphatic rings. The van der Waals surface area contributed by atoms with E-state index in [4.69, 9.17) is 9.47 Å². The molecule has 2 aromatic rings. The third-order valence-electron chi connectivity index (χ3n) is 4.41. The first-order valence-electron chi connectivity index (χ1n) is 9.67. The van der Waals surface area contributed by atoms with Gasteiger partial charge in [-0.25, -0.2) is 9.38 Å². The van der Waals surface area contributed by atoms with Gasteiger partial charge in [0.25, 0.3) is 0 Å². The van der Waals surface area contributed by atoms with E-state index in [2.05, 4.69) is 15.6 Å². The van der Waals surface area contributed by atoms with Crippen molar-refractivity contribution in [2.75, 3.05) is 46.3 Å². The number of rotatable bonds is 9. The quantitative estimate of drug-likeness (QED) is 0.294. The van der Waals surface area contributed by atoms with Gasteiger partial charge in [-0.05, 0) is 48.7 Å². The number of nitrogens with one attached hydrogen (secondary N) is 2. The van der Waals surface area contributed by atoms with E-state index in [1.807, 2.05) is 45.3 Å². The monoisotopic (exact) mass is 530 g/mol. The van der Waals surface area contributed by atoms with Crippen LogP contribution in [0.15, 0.2) is 41.4 Å². The smallest absolute Gasteiger partial charge is 0.191 e. The topological polar surface area (TPSA) is 58.1 Å². The Labute approximate surface area is 195 Å². The summed E-state index contributed by atoms with van der Waals surface area (Å²) in [5.41, 5.74) is 2.52. The van der Waals surface area contributed by atoms with Crippen LogP contribution in [0.25, 0.3) is 0 Å². The number of hydrogen-bond donors (Lipinski definition) is 2. The van der Waals surface area contributed by atoms with Crippen molar-refractivity contribution in [1.82, 2.24) is 10.6 Å². The molecule has 8 heteroatoms. The molecule has 166 valence electrons. The maximum atomic E-state index is 14.1. The van der Waals surface area contributed by atoms with Crippen LogP contribution in [0.3, 0.4) is 0 Å². The van der Waals surface area contributed by atoms with Crippen molar-refractivity contribution in [2.24, 2.45) is 4.99 Å². The van der Waals surface area contributed by atoms with Gasteiger partial charge >= 0.3 is 0 Å². The molecule has 0 saturated heterocycles. The zero-order chi connectivity index (χ0) is 21.2. The standard InChI is InChI=1S/C22H31FN4O2.HI/c1-6-24-22(26-15-17-7-9-19(27(2)3)18(23)13-17)25-12-11-16-8-10-20(28-4)21(14-16)29-5;/h7-10,13-14H,6,11-12,15H2,1-5H3,(H2,24,25,26);1H. The Kier molecular flexibility index (Phi) is 11.3. The molecule has 2 N–H and O–H groups in total. The van der Waals surface area contributed by atoms with E-state index in [0.717, 1.165) is 24.1 Å². The predicted octanol–water partition coefficient (Wildman–Crippen LogP) is 3.82. The van der Waals surface area contributed by atoms with E-state index < -0.39 is 0 Å². The number of methoxy groups -OCH3 is 2. The largest absolute Gasteiger partial charge is 0.493 e. The Hall–Kier alpha value is -2.23. The molecule has 0 aliphatic heterocycles. The highest BCUT2D eigenvalue weighted by molar-refractivity contribution is 14.0. The summed E-state index contributed by atoms with van der Waals surface area (Å²) in [5, 5.41) is 6.53. The van der Waals surface area contributed by atoms with Crippen LogP contribution in [-0.4, -0.2) is 47.4 Å². The highest BCUT2D eigenvalue weighted by Crippen LogP contribution is 2.27. The fourth-order valence-electron chi connectivity index (χ4n) is 2.88. The molecule has 2 rings (SSSR count). The van der Waals surface area contributed by atoms with E-state index in [1.54, 1.807) is 25.2 Å². The van der Waals surface area contributed by atoms with Crippen molar-refractivity contribution in [3.63, 3.8) is 0 Å². The summed E-state index contributed by atoms with van der Waals surface area (Å²) < 4.78 is 24.8. The van der Waals surface area contributed by atoms with Crippen LogP contribution in [-0.2, 0) is 13.0 Å². The van der Waals surface area contributed by atoms with Crippen LogP contribution in [0.2, 0.25) is 0 Å². The van der Waals surface area contributed by atoms with Gasteiger partial charge in [0, 0.05) is 27.2 Å². The van der Waals surface area contributed by atoms with Crippen LogP contribution in [0.4, 0.5) is 10.1 Å². The van der Waals surface area contributed by atoms with Crippen molar-refractivity contribution < 1.29 is 13.9 Å². The third kappa shape index (κ3) is 7.55. The van der Waals surface area contributed by atoms with Gasteiger partial charge in [0.2, 0.25) is 0 Å². The van der Waals surface area contributed by atoms with Gasteiger partial charge in [-0.2, -0.15) is 0 Å². The zero-order valence-corrected chi connectivity index (χ0v) is 20.6. The summed E-state index contributed by atoms with van der Waals surface area (Å²) in [5.74, 6) is 1.89. The number of ether oxygens (including phenoxy) is 2. The highest BCUT2D eigenvalue weighted by Gasteiger charge is 2.07. The molecule has 30 heavy (non-hydrogen) atoms. The van der Waals surface area contributed by atoms with E-state index >= 15 is 0 Å². The van der Waals surface area contributed by atoms with Crippen LogP contribution in [0.1, 0.15) is 18.1 Å². The molecule has 0 radical (unpaired) electrons. The summed E-state index contributed by atoms with van der Waals surface area (Å²) in [6, 6.07) is 11.1. The van der Waals surface area contributed by atoms with Gasteiger partial charge in [0.05, 0.1) is 26.5 Å². The van der Waals surface area contributed by atoms with Crippen LogP contribution < -0.4 is 25.0 Å². The second kappa shape index (κ2) is 13.1. The lowest BCUT2D eigenvalue weighted by atomic mass is 10.1. The number of hydrogen-bond acceptors (Lipinski definition) is 4. The zero-order valence-electron chi connectivity index (χ0n) is 18.3. The fourth-order valence-corrected chi connectivity index (χ4v) is 2.88. The molecule has 0 spiro atoms. The highest BCUT2D eigenvalue weighted by atomic mass is 127. The number of benzene rings is 2. The molecule has 0 unspecified atom stereocenters. The Morgan fingerprint density at radius 2 is 1.70 bits per heavy atom. The normalized spacial score (nSPS) is 10.8. The Morgan fingerprint density at radius 3 is 2.30 bits per heavy atom. The SMILES string of the molecule is CCNC(=NCc1ccc(N(C)C)c(F)c1)NCCc1ccc(OC)c(OC)c1.I. The second-order valence-electron chi connectivity index (χ2n) is 6.74. The summed E-state index contributed by atoms with van der Waals surface area (Å²) in [6.45, 7) is 3.86. The third-order valence-corrected chi connectivity index (χ3v) is 4.41. The minimum Gasteiger partial charge on any atom is -0.493 e. The molecule has 0 fully saturated rings. The van der Waals surface area contributed by atoms with Gasteiger partial charge in [0.1, 0.15) is 5.82 Å². The summed E-state index contributed by atoms with van der Waals surface area (Å²) in [4.78, 5) is 6.31. The van der Waals surface area contributed by atoms with Gasteiger partial charge in [-0.1, -0.05) is 12.1 Å². The molecule has 0 aliphatic carbocycles. The first-order valence-corrected chi connectivity index (χ1v) is 9.67. The average molecular weight is 530 g/mol. The number of nitrogens with zero attached hydrogens (tertiary/aromatic N) is 2. The van der Waals surface area contributed by atoms with Crippen LogP contribution in [0, 0.1) is 5.82 Å². The van der Waals surface area contributed by atoms with Crippen LogP contribution >= 0.6 is 24.0 Å². The first kappa shape index (κ1) is 25.8. The molecule has 0 heterocycles. The predicted molar refractivity (Wildman–Crippen MR) is 132 cm³/mol. The van der Waals surface area contributed by atoms with Gasteiger partial charge in [0.15, 0.2) is 17.5 Å². The molecular weight excluding hydrogens is 498 g/mol. The van der Waals surface area contributed by atoms with Crippen molar-refractivity contribution in [2.45, 2.75) is 19.9 Å². The Balaban J connectivity index is 0.00000450. The molecular formula is C22H32FIN4O2. The number of anilines is 1. The van der Waals surface area contributed by atoms with E-state index in [9.17, 15) is 4.39 Å². The lowest BCUT2D eigenvalue weighted by Gasteiger charge is -2.14. The van der Waals surface area contributed by atoms with E-state index in [1.165, 1.54) is 6.07 Å². The van der Waals surface area contributed by atoms with Gasteiger partial charge < -0.3 is 25.0 Å². The molecule has 0 aromatic heterocycles. The first-order chi connectivity index (χ1) is 14.0.